The monoisotopic (exact) mass is 263 g/mol. The van der Waals surface area contributed by atoms with Gasteiger partial charge >= 0.3 is 5.76 Å². The van der Waals surface area contributed by atoms with E-state index >= 15 is 0 Å². The van der Waals surface area contributed by atoms with E-state index in [0.29, 0.717) is 24.2 Å². The number of hydrogen-bond donors (Lipinski definition) is 2. The van der Waals surface area contributed by atoms with Gasteiger partial charge in [0.2, 0.25) is 5.91 Å². The number of carbonyl (C=O) groups is 1. The second-order valence-corrected chi connectivity index (χ2v) is 4.44. The first-order valence-corrected chi connectivity index (χ1v) is 6.10. The highest BCUT2D eigenvalue weighted by molar-refractivity contribution is 5.78. The lowest BCUT2D eigenvalue weighted by atomic mass is 10.1. The van der Waals surface area contributed by atoms with E-state index in [1.54, 1.807) is 25.1 Å². The lowest BCUT2D eigenvalue weighted by molar-refractivity contribution is -0.128. The van der Waals surface area contributed by atoms with Gasteiger partial charge in [-0.2, -0.15) is 0 Å². The topological polar surface area (TPSA) is 78.3 Å². The summed E-state index contributed by atoms with van der Waals surface area (Å²) in [4.78, 5) is 26.9. The van der Waals surface area contributed by atoms with Gasteiger partial charge in [0.25, 0.3) is 0 Å². The van der Waals surface area contributed by atoms with Gasteiger partial charge in [0.15, 0.2) is 5.58 Å². The third-order valence-corrected chi connectivity index (χ3v) is 2.97. The number of oxazole rings is 1. The largest absolute Gasteiger partial charge is 0.417 e. The first kappa shape index (κ1) is 13.4. The molecule has 0 aliphatic carbocycles. The van der Waals surface area contributed by atoms with E-state index in [1.807, 2.05) is 12.1 Å². The van der Waals surface area contributed by atoms with Crippen molar-refractivity contribution in [3.05, 3.63) is 34.3 Å². The SMILES string of the molecule is CNCC(=O)N(C)CCc1ccc2oc(=O)[nH]c2c1. The molecule has 0 unspecified atom stereocenters. The van der Waals surface area contributed by atoms with Crippen LogP contribution < -0.4 is 11.1 Å². The molecule has 19 heavy (non-hydrogen) atoms. The molecule has 0 fully saturated rings. The number of amides is 1. The van der Waals surface area contributed by atoms with Crippen LogP contribution in [-0.2, 0) is 11.2 Å². The van der Waals surface area contributed by atoms with E-state index in [1.165, 1.54) is 0 Å². The minimum atomic E-state index is -0.450. The summed E-state index contributed by atoms with van der Waals surface area (Å²) in [5.74, 6) is -0.395. The zero-order valence-corrected chi connectivity index (χ0v) is 11.0. The van der Waals surface area contributed by atoms with E-state index in [-0.39, 0.29) is 5.91 Å². The van der Waals surface area contributed by atoms with E-state index in [4.69, 9.17) is 4.42 Å². The van der Waals surface area contributed by atoms with Gasteiger partial charge in [-0.1, -0.05) is 6.07 Å². The summed E-state index contributed by atoms with van der Waals surface area (Å²) >= 11 is 0. The molecular formula is C13H17N3O3. The first-order chi connectivity index (χ1) is 9.10. The molecule has 102 valence electrons. The maximum atomic E-state index is 11.6. The van der Waals surface area contributed by atoms with Crippen LogP contribution in [0.4, 0.5) is 0 Å². The molecule has 0 aliphatic heterocycles. The van der Waals surface area contributed by atoms with Crippen molar-refractivity contribution in [2.45, 2.75) is 6.42 Å². The Morgan fingerprint density at radius 3 is 3.00 bits per heavy atom. The quantitative estimate of drug-likeness (QED) is 0.815. The summed E-state index contributed by atoms with van der Waals surface area (Å²) in [7, 11) is 3.52. The fourth-order valence-corrected chi connectivity index (χ4v) is 1.86. The molecule has 0 radical (unpaired) electrons. The van der Waals surface area contributed by atoms with Crippen molar-refractivity contribution in [2.24, 2.45) is 0 Å². The molecule has 1 aromatic carbocycles. The van der Waals surface area contributed by atoms with Crippen LogP contribution in [0.15, 0.2) is 27.4 Å². The molecule has 0 saturated heterocycles. The maximum Gasteiger partial charge on any atom is 0.417 e. The van der Waals surface area contributed by atoms with Crippen LogP contribution in [0.3, 0.4) is 0 Å². The number of likely N-dealkylation sites (N-methyl/N-ethyl adjacent to an activating group) is 2. The summed E-state index contributed by atoms with van der Waals surface area (Å²) in [6.07, 6.45) is 0.731. The van der Waals surface area contributed by atoms with Gasteiger partial charge in [0.1, 0.15) is 0 Å². The van der Waals surface area contributed by atoms with E-state index in [0.717, 1.165) is 12.0 Å². The van der Waals surface area contributed by atoms with Crippen molar-refractivity contribution >= 4 is 17.0 Å². The fourth-order valence-electron chi connectivity index (χ4n) is 1.86. The molecule has 0 saturated carbocycles. The lowest BCUT2D eigenvalue weighted by Crippen LogP contribution is -2.35. The van der Waals surface area contributed by atoms with Gasteiger partial charge < -0.3 is 14.6 Å². The zero-order chi connectivity index (χ0) is 13.8. The van der Waals surface area contributed by atoms with Crippen LogP contribution in [0.2, 0.25) is 0 Å². The van der Waals surface area contributed by atoms with Crippen molar-refractivity contribution in [2.75, 3.05) is 27.2 Å². The van der Waals surface area contributed by atoms with Gasteiger partial charge in [-0.3, -0.25) is 9.78 Å². The van der Waals surface area contributed by atoms with Crippen LogP contribution in [0.5, 0.6) is 0 Å². The molecule has 1 amide bonds. The Bertz CT molecular complexity index is 629. The minimum absolute atomic E-state index is 0.0558. The molecule has 6 nitrogen and oxygen atoms in total. The molecule has 2 N–H and O–H groups in total. The third kappa shape index (κ3) is 3.23. The number of rotatable bonds is 5. The van der Waals surface area contributed by atoms with Gasteiger partial charge in [0, 0.05) is 13.6 Å². The molecule has 0 spiro atoms. The third-order valence-electron chi connectivity index (χ3n) is 2.97. The number of carbonyl (C=O) groups excluding carboxylic acids is 1. The van der Waals surface area contributed by atoms with Crippen molar-refractivity contribution in [3.63, 3.8) is 0 Å². The van der Waals surface area contributed by atoms with Crippen LogP contribution in [0, 0.1) is 0 Å². The minimum Gasteiger partial charge on any atom is -0.408 e. The van der Waals surface area contributed by atoms with Crippen LogP contribution in [0.25, 0.3) is 11.1 Å². The molecule has 2 aromatic rings. The number of hydrogen-bond acceptors (Lipinski definition) is 4. The Morgan fingerprint density at radius 1 is 1.47 bits per heavy atom. The van der Waals surface area contributed by atoms with Gasteiger partial charge in [0.05, 0.1) is 12.1 Å². The molecular weight excluding hydrogens is 246 g/mol. The second kappa shape index (κ2) is 5.71. The Balaban J connectivity index is 2.01. The van der Waals surface area contributed by atoms with E-state index < -0.39 is 5.76 Å². The fraction of sp³-hybridized carbons (Fsp3) is 0.385. The number of benzene rings is 1. The highest BCUT2D eigenvalue weighted by Crippen LogP contribution is 2.12. The second-order valence-electron chi connectivity index (χ2n) is 4.44. The Morgan fingerprint density at radius 2 is 2.26 bits per heavy atom. The molecule has 6 heteroatoms. The summed E-state index contributed by atoms with van der Waals surface area (Å²) in [6.45, 7) is 0.971. The summed E-state index contributed by atoms with van der Waals surface area (Å²) in [6, 6.07) is 5.53. The predicted molar refractivity (Wildman–Crippen MR) is 72.1 cm³/mol. The van der Waals surface area contributed by atoms with Crippen molar-refractivity contribution in [1.29, 1.82) is 0 Å². The molecule has 2 rings (SSSR count). The molecule has 0 aliphatic rings. The zero-order valence-electron chi connectivity index (χ0n) is 11.0. The highest BCUT2D eigenvalue weighted by atomic mass is 16.4. The van der Waals surface area contributed by atoms with Crippen molar-refractivity contribution in [3.8, 4) is 0 Å². The van der Waals surface area contributed by atoms with E-state index in [9.17, 15) is 9.59 Å². The normalized spacial score (nSPS) is 10.8. The molecule has 0 atom stereocenters. The van der Waals surface area contributed by atoms with Crippen LogP contribution in [0.1, 0.15) is 5.56 Å². The number of aromatic nitrogens is 1. The average Bonchev–Trinajstić information content (AvgIpc) is 2.75. The van der Waals surface area contributed by atoms with Crippen molar-refractivity contribution in [1.82, 2.24) is 15.2 Å². The van der Waals surface area contributed by atoms with Gasteiger partial charge in [-0.25, -0.2) is 4.79 Å². The summed E-state index contributed by atoms with van der Waals surface area (Å²) < 4.78 is 4.93. The van der Waals surface area contributed by atoms with Crippen LogP contribution >= 0.6 is 0 Å². The summed E-state index contributed by atoms with van der Waals surface area (Å²) in [5.41, 5.74) is 2.29. The van der Waals surface area contributed by atoms with Crippen LogP contribution in [-0.4, -0.2) is 43.0 Å². The number of aromatic amines is 1. The van der Waals surface area contributed by atoms with Gasteiger partial charge in [-0.15, -0.1) is 0 Å². The Kier molecular flexibility index (Phi) is 4.01. The molecule has 1 aromatic heterocycles. The summed E-state index contributed by atoms with van der Waals surface area (Å²) in [5, 5.41) is 2.83. The molecule has 1 heterocycles. The lowest BCUT2D eigenvalue weighted by Gasteiger charge is -2.16. The maximum absolute atomic E-state index is 11.6. The highest BCUT2D eigenvalue weighted by Gasteiger charge is 2.08. The predicted octanol–water partition coefficient (Wildman–Crippen LogP) is 0.341. The number of nitrogens with zero attached hydrogens (tertiary/aromatic N) is 1. The number of H-pyrrole nitrogens is 1. The average molecular weight is 263 g/mol. The van der Waals surface area contributed by atoms with E-state index in [2.05, 4.69) is 10.3 Å². The molecule has 0 bridgehead atoms. The first-order valence-electron chi connectivity index (χ1n) is 6.10. The van der Waals surface area contributed by atoms with Crippen molar-refractivity contribution < 1.29 is 9.21 Å². The Hall–Kier alpha value is -2.08. The van der Waals surface area contributed by atoms with Gasteiger partial charge in [-0.05, 0) is 31.2 Å². The Labute approximate surface area is 110 Å². The standard InChI is InChI=1S/C13H17N3O3/c1-14-8-12(17)16(2)6-5-9-3-4-11-10(7-9)15-13(18)19-11/h3-4,7,14H,5-6,8H2,1-2H3,(H,15,18). The number of nitrogens with one attached hydrogen (secondary N) is 2. The number of fused-ring (bicyclic) bond motifs is 1. The smallest absolute Gasteiger partial charge is 0.408 e.